The Morgan fingerprint density at radius 2 is 2.29 bits per heavy atom. The molecule has 4 nitrogen and oxygen atoms in total. The van der Waals surface area contributed by atoms with Crippen LogP contribution in [0.1, 0.15) is 25.5 Å². The van der Waals surface area contributed by atoms with Gasteiger partial charge in [-0.15, -0.1) is 0 Å². The van der Waals surface area contributed by atoms with E-state index >= 15 is 0 Å². The molecule has 14 heavy (non-hydrogen) atoms. The van der Waals surface area contributed by atoms with Crippen LogP contribution in [-0.4, -0.2) is 21.0 Å². The highest BCUT2D eigenvalue weighted by Crippen LogP contribution is 2.63. The van der Waals surface area contributed by atoms with E-state index in [1.807, 2.05) is 13.8 Å². The van der Waals surface area contributed by atoms with E-state index in [0.29, 0.717) is 0 Å². The van der Waals surface area contributed by atoms with Crippen molar-refractivity contribution in [2.24, 2.45) is 11.3 Å². The van der Waals surface area contributed by atoms with E-state index in [2.05, 4.69) is 9.97 Å². The summed E-state index contributed by atoms with van der Waals surface area (Å²) in [6, 6.07) is 1.79. The fourth-order valence-corrected chi connectivity index (χ4v) is 2.14. The van der Waals surface area contributed by atoms with Gasteiger partial charge in [0.2, 0.25) is 0 Å². The molecule has 1 aliphatic rings. The van der Waals surface area contributed by atoms with E-state index < -0.39 is 5.97 Å². The molecule has 0 aromatic carbocycles. The minimum atomic E-state index is -0.737. The lowest BCUT2D eigenvalue weighted by Gasteiger charge is -1.99. The van der Waals surface area contributed by atoms with Crippen molar-refractivity contribution < 1.29 is 9.90 Å². The molecule has 0 unspecified atom stereocenters. The molecular weight excluding hydrogens is 180 g/mol. The highest BCUT2D eigenvalue weighted by molar-refractivity contribution is 5.77. The topological polar surface area (TPSA) is 63.1 Å². The van der Waals surface area contributed by atoms with Crippen molar-refractivity contribution in [3.8, 4) is 0 Å². The van der Waals surface area contributed by atoms with Crippen molar-refractivity contribution in [1.82, 2.24) is 9.97 Å². The predicted molar refractivity (Wildman–Crippen MR) is 49.7 cm³/mol. The van der Waals surface area contributed by atoms with Crippen molar-refractivity contribution in [1.29, 1.82) is 0 Å². The van der Waals surface area contributed by atoms with Crippen LogP contribution in [0.5, 0.6) is 0 Å². The lowest BCUT2D eigenvalue weighted by Crippen LogP contribution is -2.03. The van der Waals surface area contributed by atoms with E-state index in [1.165, 1.54) is 6.33 Å². The Kier molecular flexibility index (Phi) is 1.80. The first-order valence-electron chi connectivity index (χ1n) is 4.54. The highest BCUT2D eigenvalue weighted by Gasteiger charge is 2.63. The first kappa shape index (κ1) is 9.12. The van der Waals surface area contributed by atoms with Crippen LogP contribution in [0.3, 0.4) is 0 Å². The van der Waals surface area contributed by atoms with Gasteiger partial charge in [-0.25, -0.2) is 9.97 Å². The monoisotopic (exact) mass is 192 g/mol. The zero-order valence-corrected chi connectivity index (χ0v) is 8.14. The van der Waals surface area contributed by atoms with Crippen LogP contribution in [0.15, 0.2) is 18.6 Å². The van der Waals surface area contributed by atoms with Gasteiger partial charge in [0.05, 0.1) is 5.92 Å². The third-order valence-electron chi connectivity index (χ3n) is 3.02. The van der Waals surface area contributed by atoms with Gasteiger partial charge in [-0.05, 0) is 11.5 Å². The molecule has 1 N–H and O–H groups in total. The van der Waals surface area contributed by atoms with E-state index in [9.17, 15) is 4.79 Å². The molecule has 0 radical (unpaired) electrons. The second-order valence-corrected chi connectivity index (χ2v) is 4.25. The first-order chi connectivity index (χ1) is 6.55. The summed E-state index contributed by atoms with van der Waals surface area (Å²) in [6.07, 6.45) is 3.11. The standard InChI is InChI=1S/C10H12N2O2/c1-10(2)7(8(10)9(13)14)6-3-4-11-5-12-6/h3-5,7-8H,1-2H3,(H,13,14)/t7-,8+/m1/s1. The van der Waals surface area contributed by atoms with Gasteiger partial charge in [-0.3, -0.25) is 4.79 Å². The molecule has 1 aliphatic carbocycles. The lowest BCUT2D eigenvalue weighted by atomic mass is 10.1. The number of carboxylic acid groups (broad SMARTS) is 1. The van der Waals surface area contributed by atoms with Crippen molar-refractivity contribution in [3.05, 3.63) is 24.3 Å². The Morgan fingerprint density at radius 3 is 2.71 bits per heavy atom. The Labute approximate surface area is 82.0 Å². The van der Waals surface area contributed by atoms with Gasteiger partial charge in [0.25, 0.3) is 0 Å². The average Bonchev–Trinajstić information content (AvgIpc) is 2.71. The number of aromatic nitrogens is 2. The van der Waals surface area contributed by atoms with Gasteiger partial charge >= 0.3 is 5.97 Å². The van der Waals surface area contributed by atoms with E-state index in [-0.39, 0.29) is 17.3 Å². The fourth-order valence-electron chi connectivity index (χ4n) is 2.14. The summed E-state index contributed by atoms with van der Waals surface area (Å²) in [6.45, 7) is 3.91. The van der Waals surface area contributed by atoms with Gasteiger partial charge in [0, 0.05) is 17.8 Å². The molecule has 0 amide bonds. The summed E-state index contributed by atoms with van der Waals surface area (Å²) in [7, 11) is 0. The summed E-state index contributed by atoms with van der Waals surface area (Å²) >= 11 is 0. The summed E-state index contributed by atoms with van der Waals surface area (Å²) < 4.78 is 0. The minimum absolute atomic E-state index is 0.0306. The summed E-state index contributed by atoms with van der Waals surface area (Å²) in [5.74, 6) is -1.01. The van der Waals surface area contributed by atoms with Crippen molar-refractivity contribution >= 4 is 5.97 Å². The van der Waals surface area contributed by atoms with Crippen LogP contribution >= 0.6 is 0 Å². The Balaban J connectivity index is 2.28. The van der Waals surface area contributed by atoms with E-state index in [4.69, 9.17) is 5.11 Å². The summed E-state index contributed by atoms with van der Waals surface area (Å²) in [5.41, 5.74) is 0.651. The SMILES string of the molecule is CC1(C)[C@H](C(=O)O)[C@H]1c1ccncn1. The molecule has 1 fully saturated rings. The number of rotatable bonds is 2. The summed E-state index contributed by atoms with van der Waals surface area (Å²) in [5, 5.41) is 8.98. The maximum atomic E-state index is 10.9. The normalized spacial score (nSPS) is 28.4. The Morgan fingerprint density at radius 1 is 1.57 bits per heavy atom. The molecule has 1 aromatic heterocycles. The predicted octanol–water partition coefficient (Wildman–Crippen LogP) is 1.30. The van der Waals surface area contributed by atoms with Crippen molar-refractivity contribution in [3.63, 3.8) is 0 Å². The third kappa shape index (κ3) is 1.18. The second kappa shape index (κ2) is 2.77. The molecule has 0 aliphatic heterocycles. The molecule has 0 saturated heterocycles. The van der Waals surface area contributed by atoms with Crippen molar-refractivity contribution in [2.45, 2.75) is 19.8 Å². The quantitative estimate of drug-likeness (QED) is 0.767. The zero-order chi connectivity index (χ0) is 10.3. The number of carbonyl (C=O) groups is 1. The van der Waals surface area contributed by atoms with Crippen LogP contribution in [0.2, 0.25) is 0 Å². The smallest absolute Gasteiger partial charge is 0.307 e. The second-order valence-electron chi connectivity index (χ2n) is 4.25. The van der Waals surface area contributed by atoms with Gasteiger partial charge in [0.1, 0.15) is 6.33 Å². The number of aliphatic carboxylic acids is 1. The molecule has 74 valence electrons. The number of hydrogen-bond acceptors (Lipinski definition) is 3. The fraction of sp³-hybridized carbons (Fsp3) is 0.500. The minimum Gasteiger partial charge on any atom is -0.481 e. The molecule has 2 rings (SSSR count). The van der Waals surface area contributed by atoms with Crippen LogP contribution in [-0.2, 0) is 4.79 Å². The van der Waals surface area contributed by atoms with Gasteiger partial charge in [-0.1, -0.05) is 13.8 Å². The van der Waals surface area contributed by atoms with E-state index in [1.54, 1.807) is 12.3 Å². The Hall–Kier alpha value is -1.45. The molecule has 0 spiro atoms. The van der Waals surface area contributed by atoms with Crippen molar-refractivity contribution in [2.75, 3.05) is 0 Å². The molecule has 0 bridgehead atoms. The first-order valence-corrected chi connectivity index (χ1v) is 4.54. The maximum Gasteiger partial charge on any atom is 0.307 e. The van der Waals surface area contributed by atoms with Gasteiger partial charge < -0.3 is 5.11 Å². The number of hydrogen-bond donors (Lipinski definition) is 1. The zero-order valence-electron chi connectivity index (χ0n) is 8.14. The molecular formula is C10H12N2O2. The van der Waals surface area contributed by atoms with Crippen LogP contribution < -0.4 is 0 Å². The van der Waals surface area contributed by atoms with Gasteiger partial charge in [-0.2, -0.15) is 0 Å². The molecule has 1 saturated carbocycles. The number of carboxylic acids is 1. The lowest BCUT2D eigenvalue weighted by molar-refractivity contribution is -0.139. The third-order valence-corrected chi connectivity index (χ3v) is 3.02. The van der Waals surface area contributed by atoms with Gasteiger partial charge in [0.15, 0.2) is 0 Å². The van der Waals surface area contributed by atoms with Crippen LogP contribution in [0.4, 0.5) is 0 Å². The maximum absolute atomic E-state index is 10.9. The van der Waals surface area contributed by atoms with E-state index in [0.717, 1.165) is 5.69 Å². The highest BCUT2D eigenvalue weighted by atomic mass is 16.4. The molecule has 1 heterocycles. The molecule has 1 aromatic rings. The molecule has 2 atom stereocenters. The average molecular weight is 192 g/mol. The van der Waals surface area contributed by atoms with Crippen LogP contribution in [0.25, 0.3) is 0 Å². The molecule has 4 heteroatoms. The van der Waals surface area contributed by atoms with Crippen LogP contribution in [0, 0.1) is 11.3 Å². The number of nitrogens with zero attached hydrogens (tertiary/aromatic N) is 2. The largest absolute Gasteiger partial charge is 0.481 e. The summed E-state index contributed by atoms with van der Waals surface area (Å²) in [4.78, 5) is 18.8. The Bertz CT molecular complexity index is 362.